The highest BCUT2D eigenvalue weighted by molar-refractivity contribution is 9.10. The van der Waals surface area contributed by atoms with Crippen LogP contribution in [-0.4, -0.2) is 28.7 Å². The molecule has 0 spiro atoms. The first-order valence-electron chi connectivity index (χ1n) is 9.75. The van der Waals surface area contributed by atoms with Crippen molar-refractivity contribution in [2.45, 2.75) is 20.1 Å². The second kappa shape index (κ2) is 10.5. The second-order valence-electron chi connectivity index (χ2n) is 7.06. The number of benzene rings is 2. The van der Waals surface area contributed by atoms with E-state index in [0.29, 0.717) is 11.3 Å². The molecule has 32 heavy (non-hydrogen) atoms. The molecule has 0 saturated carbocycles. The zero-order valence-electron chi connectivity index (χ0n) is 17.2. The molecule has 1 aromatic heterocycles. The van der Waals surface area contributed by atoms with Crippen LogP contribution in [0.15, 0.2) is 57.8 Å². The largest absolute Gasteiger partial charge is 0.487 e. The Bertz CT molecular complexity index is 1200. The molecule has 6 nitrogen and oxygen atoms in total. The van der Waals surface area contributed by atoms with E-state index in [-0.39, 0.29) is 53.6 Å². The monoisotopic (exact) mass is 506 g/mol. The highest BCUT2D eigenvalue weighted by Gasteiger charge is 2.14. The fourth-order valence-corrected chi connectivity index (χ4v) is 3.52. The number of carbonyl (C=O) groups is 1. The third kappa shape index (κ3) is 5.60. The van der Waals surface area contributed by atoms with Crippen LogP contribution in [0.5, 0.6) is 5.75 Å². The summed E-state index contributed by atoms with van der Waals surface area (Å²) in [7, 11) is 0. The number of hydrogen-bond donors (Lipinski definition) is 2. The number of halogens is 3. The fourth-order valence-electron chi connectivity index (χ4n) is 3.08. The van der Waals surface area contributed by atoms with Gasteiger partial charge in [0.15, 0.2) is 0 Å². The summed E-state index contributed by atoms with van der Waals surface area (Å²) in [6.45, 7) is 1.78. The number of aryl methyl sites for hydroxylation is 1. The van der Waals surface area contributed by atoms with Crippen LogP contribution < -0.4 is 15.6 Å². The van der Waals surface area contributed by atoms with Crippen LogP contribution in [-0.2, 0) is 13.2 Å². The van der Waals surface area contributed by atoms with Crippen LogP contribution in [0.1, 0.15) is 27.2 Å². The molecule has 0 fully saturated rings. The molecule has 0 bridgehead atoms. The predicted octanol–water partition coefficient (Wildman–Crippen LogP) is 3.55. The minimum Gasteiger partial charge on any atom is -0.487 e. The number of ether oxygens (including phenoxy) is 1. The molecule has 3 aromatic rings. The Labute approximate surface area is 191 Å². The molecule has 0 saturated heterocycles. The van der Waals surface area contributed by atoms with Gasteiger partial charge in [-0.1, -0.05) is 12.1 Å². The predicted molar refractivity (Wildman–Crippen MR) is 119 cm³/mol. The molecular weight excluding hydrogens is 486 g/mol. The van der Waals surface area contributed by atoms with Crippen molar-refractivity contribution in [3.05, 3.63) is 97.4 Å². The average molecular weight is 507 g/mol. The summed E-state index contributed by atoms with van der Waals surface area (Å²) in [4.78, 5) is 25.0. The molecule has 0 aliphatic rings. The van der Waals surface area contributed by atoms with E-state index in [1.54, 1.807) is 37.3 Å². The van der Waals surface area contributed by atoms with E-state index in [4.69, 9.17) is 9.84 Å². The Morgan fingerprint density at radius 1 is 1.19 bits per heavy atom. The molecule has 3 rings (SSSR count). The van der Waals surface area contributed by atoms with Gasteiger partial charge in [-0.2, -0.15) is 0 Å². The number of aliphatic hydroxyl groups is 1. The molecule has 168 valence electrons. The number of nitrogens with zero attached hydrogens (tertiary/aromatic N) is 1. The topological polar surface area (TPSA) is 80.6 Å². The van der Waals surface area contributed by atoms with Crippen LogP contribution in [0.25, 0.3) is 0 Å². The molecular formula is C23H21BrF2N2O4. The van der Waals surface area contributed by atoms with Gasteiger partial charge < -0.3 is 19.7 Å². The molecule has 2 aromatic carbocycles. The summed E-state index contributed by atoms with van der Waals surface area (Å²) >= 11 is 3.25. The van der Waals surface area contributed by atoms with Gasteiger partial charge in [0.1, 0.15) is 28.5 Å². The highest BCUT2D eigenvalue weighted by Crippen LogP contribution is 2.24. The number of carbonyl (C=O) groups excluding carboxylic acids is 1. The van der Waals surface area contributed by atoms with E-state index in [1.165, 1.54) is 10.6 Å². The lowest BCUT2D eigenvalue weighted by molar-refractivity contribution is 0.0944. The number of aromatic nitrogens is 1. The molecule has 9 heteroatoms. The number of amides is 1. The molecule has 0 aliphatic heterocycles. The van der Waals surface area contributed by atoms with Gasteiger partial charge in [0, 0.05) is 35.5 Å². The first kappa shape index (κ1) is 23.6. The Balaban J connectivity index is 1.80. The van der Waals surface area contributed by atoms with Crippen LogP contribution in [0.3, 0.4) is 0 Å². The average Bonchev–Trinajstić information content (AvgIpc) is 2.77. The van der Waals surface area contributed by atoms with Gasteiger partial charge >= 0.3 is 0 Å². The van der Waals surface area contributed by atoms with Crippen molar-refractivity contribution in [3.8, 4) is 5.75 Å². The molecule has 0 unspecified atom stereocenters. The maximum Gasteiger partial charge on any atom is 0.269 e. The quantitative estimate of drug-likeness (QED) is 0.489. The van der Waals surface area contributed by atoms with Crippen LogP contribution in [0.4, 0.5) is 8.78 Å². The lowest BCUT2D eigenvalue weighted by Gasteiger charge is -2.15. The molecule has 2 N–H and O–H groups in total. The smallest absolute Gasteiger partial charge is 0.269 e. The van der Waals surface area contributed by atoms with Crippen molar-refractivity contribution in [3.63, 3.8) is 0 Å². The normalized spacial score (nSPS) is 10.8. The SMILES string of the molecule is Cc1cc(OCc2ccc(F)cc2F)c(Br)c(=O)n1Cc1cccc(C(=O)NCCO)c1. The molecule has 1 amide bonds. The summed E-state index contributed by atoms with van der Waals surface area (Å²) in [5, 5.41) is 11.4. The molecule has 0 radical (unpaired) electrons. The van der Waals surface area contributed by atoms with Crippen LogP contribution >= 0.6 is 15.9 Å². The third-order valence-electron chi connectivity index (χ3n) is 4.74. The minimum absolute atomic E-state index is 0.151. The van der Waals surface area contributed by atoms with Gasteiger partial charge in [-0.15, -0.1) is 0 Å². The first-order valence-corrected chi connectivity index (χ1v) is 10.5. The summed E-state index contributed by atoms with van der Waals surface area (Å²) in [5.41, 5.74) is 1.57. The lowest BCUT2D eigenvalue weighted by Crippen LogP contribution is -2.27. The Hall–Kier alpha value is -3.04. The lowest BCUT2D eigenvalue weighted by atomic mass is 10.1. The van der Waals surface area contributed by atoms with Crippen LogP contribution in [0.2, 0.25) is 0 Å². The molecule has 0 aliphatic carbocycles. The minimum atomic E-state index is -0.728. The Kier molecular flexibility index (Phi) is 7.76. The second-order valence-corrected chi connectivity index (χ2v) is 7.85. The summed E-state index contributed by atoms with van der Waals surface area (Å²) in [5.74, 6) is -1.48. The van der Waals surface area contributed by atoms with E-state index in [0.717, 1.165) is 17.7 Å². The van der Waals surface area contributed by atoms with E-state index in [9.17, 15) is 18.4 Å². The zero-order chi connectivity index (χ0) is 23.3. The summed E-state index contributed by atoms with van der Waals surface area (Å²) in [6, 6.07) is 11.7. The highest BCUT2D eigenvalue weighted by atomic mass is 79.9. The van der Waals surface area contributed by atoms with E-state index in [2.05, 4.69) is 21.2 Å². The van der Waals surface area contributed by atoms with Crippen molar-refractivity contribution in [1.82, 2.24) is 9.88 Å². The Morgan fingerprint density at radius 2 is 1.97 bits per heavy atom. The maximum atomic E-state index is 13.8. The number of rotatable bonds is 8. The molecule has 1 heterocycles. The van der Waals surface area contributed by atoms with Crippen LogP contribution in [0, 0.1) is 18.6 Å². The van der Waals surface area contributed by atoms with Gasteiger partial charge in [-0.05, 0) is 52.7 Å². The van der Waals surface area contributed by atoms with E-state index < -0.39 is 11.6 Å². The molecule has 0 atom stereocenters. The zero-order valence-corrected chi connectivity index (χ0v) is 18.8. The number of nitrogens with one attached hydrogen (secondary N) is 1. The summed E-state index contributed by atoms with van der Waals surface area (Å²) in [6.07, 6.45) is 0. The van der Waals surface area contributed by atoms with E-state index in [1.807, 2.05) is 0 Å². The van der Waals surface area contributed by atoms with Crippen molar-refractivity contribution in [2.75, 3.05) is 13.2 Å². The van der Waals surface area contributed by atoms with Gasteiger partial charge in [-0.25, -0.2) is 8.78 Å². The maximum absolute atomic E-state index is 13.8. The van der Waals surface area contributed by atoms with Gasteiger partial charge in [0.05, 0.1) is 13.2 Å². The van der Waals surface area contributed by atoms with Crippen molar-refractivity contribution in [2.24, 2.45) is 0 Å². The van der Waals surface area contributed by atoms with Crippen molar-refractivity contribution in [1.29, 1.82) is 0 Å². The standard InChI is InChI=1S/C23H21BrF2N2O4/c1-14-9-20(32-13-17-5-6-18(25)11-19(17)26)21(24)23(31)28(14)12-15-3-2-4-16(10-15)22(30)27-7-8-29/h2-6,9-11,29H,7-8,12-13H2,1H3,(H,27,30). The number of aliphatic hydroxyl groups excluding tert-OH is 1. The third-order valence-corrected chi connectivity index (χ3v) is 5.47. The van der Waals surface area contributed by atoms with Gasteiger partial charge in [0.25, 0.3) is 11.5 Å². The van der Waals surface area contributed by atoms with Gasteiger partial charge in [0.2, 0.25) is 0 Å². The van der Waals surface area contributed by atoms with Crippen molar-refractivity contribution < 1.29 is 23.4 Å². The van der Waals surface area contributed by atoms with Crippen molar-refractivity contribution >= 4 is 21.8 Å². The number of hydrogen-bond acceptors (Lipinski definition) is 4. The fraction of sp³-hybridized carbons (Fsp3) is 0.217. The van der Waals surface area contributed by atoms with E-state index >= 15 is 0 Å². The summed E-state index contributed by atoms with van der Waals surface area (Å²) < 4.78 is 34.2. The first-order chi connectivity index (χ1) is 15.3. The van der Waals surface area contributed by atoms with Gasteiger partial charge in [-0.3, -0.25) is 9.59 Å². The number of pyridine rings is 1. The Morgan fingerprint density at radius 3 is 2.69 bits per heavy atom.